The van der Waals surface area contributed by atoms with Gasteiger partial charge in [-0.05, 0) is 19.4 Å². The third-order valence-corrected chi connectivity index (χ3v) is 1.34. The van der Waals surface area contributed by atoms with Crippen molar-refractivity contribution in [2.24, 2.45) is 10.9 Å². The first kappa shape index (κ1) is 10.5. The van der Waals surface area contributed by atoms with E-state index in [1.165, 1.54) is 13.8 Å². The van der Waals surface area contributed by atoms with Crippen LogP contribution >= 0.6 is 0 Å². The Morgan fingerprint density at radius 2 is 2.00 bits per heavy atom. The summed E-state index contributed by atoms with van der Waals surface area (Å²) < 4.78 is 0. The highest BCUT2D eigenvalue weighted by Crippen LogP contribution is 2.05. The third-order valence-electron chi connectivity index (χ3n) is 1.34. The molecule has 0 bridgehead atoms. The summed E-state index contributed by atoms with van der Waals surface area (Å²) in [5, 5.41) is 0. The topological polar surface area (TPSA) is 63.6 Å². The second-order valence-corrected chi connectivity index (χ2v) is 2.41. The van der Waals surface area contributed by atoms with E-state index >= 15 is 0 Å². The Bertz CT molecular complexity index is 260. The molecular weight excluding hydrogens is 158 g/mol. The Morgan fingerprint density at radius 3 is 2.33 bits per heavy atom. The zero-order valence-corrected chi connectivity index (χ0v) is 6.96. The summed E-state index contributed by atoms with van der Waals surface area (Å²) in [5.41, 5.74) is 0.275. The minimum Gasteiger partial charge on any atom is -0.294 e. The lowest BCUT2D eigenvalue weighted by molar-refractivity contribution is -0.129. The van der Waals surface area contributed by atoms with Gasteiger partial charge < -0.3 is 0 Å². The van der Waals surface area contributed by atoms with E-state index in [9.17, 15) is 14.4 Å². The number of amides is 1. The van der Waals surface area contributed by atoms with Crippen LogP contribution in [0.5, 0.6) is 0 Å². The normalized spacial score (nSPS) is 11.2. The predicted molar refractivity (Wildman–Crippen MR) is 42.1 cm³/mol. The maximum absolute atomic E-state index is 11.0. The highest BCUT2D eigenvalue weighted by Gasteiger charge is 2.20. The first-order chi connectivity index (χ1) is 5.50. The molecule has 0 spiro atoms. The van der Waals surface area contributed by atoms with Crippen molar-refractivity contribution in [2.75, 3.05) is 0 Å². The van der Waals surface area contributed by atoms with Crippen molar-refractivity contribution >= 4 is 17.8 Å². The van der Waals surface area contributed by atoms with Crippen molar-refractivity contribution in [3.05, 3.63) is 12.2 Å². The summed E-state index contributed by atoms with van der Waals surface area (Å²) in [7, 11) is 0. The summed E-state index contributed by atoms with van der Waals surface area (Å²) in [6.45, 7) is 6.25. The molecule has 0 aromatic carbocycles. The number of isocyanates is 1. The van der Waals surface area contributed by atoms with Gasteiger partial charge in [-0.3, -0.25) is 9.59 Å². The van der Waals surface area contributed by atoms with Crippen LogP contribution in [-0.4, -0.2) is 17.8 Å². The van der Waals surface area contributed by atoms with Gasteiger partial charge in [0.15, 0.2) is 5.78 Å². The molecule has 0 aliphatic rings. The van der Waals surface area contributed by atoms with E-state index in [1.807, 2.05) is 0 Å². The van der Waals surface area contributed by atoms with Crippen molar-refractivity contribution in [3.8, 4) is 0 Å². The molecule has 0 heterocycles. The predicted octanol–water partition coefficient (Wildman–Crippen LogP) is 0.630. The van der Waals surface area contributed by atoms with Gasteiger partial charge in [-0.25, -0.2) is 4.79 Å². The fraction of sp³-hybridized carbons (Fsp3) is 0.375. The van der Waals surface area contributed by atoms with Crippen molar-refractivity contribution < 1.29 is 14.4 Å². The highest BCUT2D eigenvalue weighted by atomic mass is 16.2. The molecule has 0 fully saturated rings. The first-order valence-electron chi connectivity index (χ1n) is 3.32. The molecule has 0 N–H and O–H groups in total. The molecule has 0 saturated heterocycles. The second kappa shape index (κ2) is 4.36. The second-order valence-electron chi connectivity index (χ2n) is 2.41. The summed E-state index contributed by atoms with van der Waals surface area (Å²) in [4.78, 5) is 34.3. The maximum Gasteiger partial charge on any atom is 0.267 e. The van der Waals surface area contributed by atoms with E-state index in [4.69, 9.17) is 0 Å². The van der Waals surface area contributed by atoms with Crippen molar-refractivity contribution in [2.45, 2.75) is 13.8 Å². The number of nitrogens with zero attached hydrogens (tertiary/aromatic N) is 1. The van der Waals surface area contributed by atoms with E-state index in [2.05, 4.69) is 11.6 Å². The number of hydrogen-bond acceptors (Lipinski definition) is 3. The molecule has 0 saturated carbocycles. The van der Waals surface area contributed by atoms with Crippen LogP contribution in [0.2, 0.25) is 0 Å². The molecule has 0 radical (unpaired) electrons. The highest BCUT2D eigenvalue weighted by molar-refractivity contribution is 6.09. The largest absolute Gasteiger partial charge is 0.294 e. The van der Waals surface area contributed by atoms with Gasteiger partial charge >= 0.3 is 0 Å². The van der Waals surface area contributed by atoms with Crippen molar-refractivity contribution in [3.63, 3.8) is 0 Å². The monoisotopic (exact) mass is 167 g/mol. The molecule has 64 valence electrons. The lowest BCUT2D eigenvalue weighted by Crippen LogP contribution is -2.19. The van der Waals surface area contributed by atoms with Gasteiger partial charge in [0.05, 0.1) is 0 Å². The van der Waals surface area contributed by atoms with Crippen LogP contribution in [0.15, 0.2) is 17.1 Å². The maximum atomic E-state index is 11.0. The summed E-state index contributed by atoms with van der Waals surface area (Å²) in [6.07, 6.45) is 1.09. The zero-order chi connectivity index (χ0) is 9.72. The molecule has 4 nitrogen and oxygen atoms in total. The quantitative estimate of drug-likeness (QED) is 0.268. The van der Waals surface area contributed by atoms with Crippen LogP contribution in [-0.2, 0) is 14.4 Å². The van der Waals surface area contributed by atoms with Gasteiger partial charge in [0, 0.05) is 0 Å². The number of carbonyl (C=O) groups is 2. The van der Waals surface area contributed by atoms with Crippen LogP contribution in [0.3, 0.4) is 0 Å². The third kappa shape index (κ3) is 2.60. The van der Waals surface area contributed by atoms with Crippen molar-refractivity contribution in [1.29, 1.82) is 0 Å². The fourth-order valence-electron chi connectivity index (χ4n) is 0.624. The molecule has 4 heteroatoms. The van der Waals surface area contributed by atoms with Gasteiger partial charge in [0.1, 0.15) is 5.92 Å². The lowest BCUT2D eigenvalue weighted by Gasteiger charge is -2.02. The van der Waals surface area contributed by atoms with E-state index in [0.29, 0.717) is 0 Å². The summed E-state index contributed by atoms with van der Waals surface area (Å²) >= 11 is 0. The van der Waals surface area contributed by atoms with Crippen LogP contribution in [0.4, 0.5) is 0 Å². The Balaban J connectivity index is 4.49. The number of aliphatic imine (C=N–C) groups is 1. The molecular formula is C8H9NO3. The molecule has 0 aromatic heterocycles. The molecule has 0 aromatic rings. The fourth-order valence-corrected chi connectivity index (χ4v) is 0.624. The molecule has 1 atom stereocenters. The number of rotatable bonds is 3. The van der Waals surface area contributed by atoms with Gasteiger partial charge in [-0.2, -0.15) is 0 Å². The standard InChI is InChI=1S/C8H9NO3/c1-5(2)7(11)6(3)8(12)9-4-10/h6H,1H2,2-3H3. The van der Waals surface area contributed by atoms with Gasteiger partial charge in [-0.1, -0.05) is 6.58 Å². The van der Waals surface area contributed by atoms with E-state index < -0.39 is 17.6 Å². The van der Waals surface area contributed by atoms with Crippen molar-refractivity contribution in [1.82, 2.24) is 0 Å². The van der Waals surface area contributed by atoms with E-state index in [-0.39, 0.29) is 5.57 Å². The zero-order valence-electron chi connectivity index (χ0n) is 6.96. The minimum absolute atomic E-state index is 0.275. The average Bonchev–Trinajstić information content (AvgIpc) is 2.02. The van der Waals surface area contributed by atoms with Crippen LogP contribution in [0, 0.1) is 5.92 Å². The molecule has 0 aliphatic carbocycles. The smallest absolute Gasteiger partial charge is 0.267 e. The number of hydrogen-bond donors (Lipinski definition) is 0. The van der Waals surface area contributed by atoms with Gasteiger partial charge in [-0.15, -0.1) is 4.99 Å². The molecule has 12 heavy (non-hydrogen) atoms. The molecule has 1 unspecified atom stereocenters. The molecule has 0 rings (SSSR count). The number of ketones is 1. The van der Waals surface area contributed by atoms with E-state index in [0.717, 1.165) is 6.08 Å². The summed E-state index contributed by atoms with van der Waals surface area (Å²) in [6, 6.07) is 0. The number of carbonyl (C=O) groups excluding carboxylic acids is 3. The Labute approximate surface area is 70.0 Å². The van der Waals surface area contributed by atoms with Crippen LogP contribution in [0.1, 0.15) is 13.8 Å². The molecule has 0 aliphatic heterocycles. The average molecular weight is 167 g/mol. The Morgan fingerprint density at radius 1 is 1.50 bits per heavy atom. The number of allylic oxidation sites excluding steroid dienone is 1. The Kier molecular flexibility index (Phi) is 3.80. The van der Waals surface area contributed by atoms with Gasteiger partial charge in [0.2, 0.25) is 6.08 Å². The van der Waals surface area contributed by atoms with Crippen LogP contribution < -0.4 is 0 Å². The number of Topliss-reactive ketones (excluding diaryl/α,β-unsaturated/α-hetero) is 1. The Hall–Kier alpha value is -1.54. The molecule has 1 amide bonds. The van der Waals surface area contributed by atoms with Crippen LogP contribution in [0.25, 0.3) is 0 Å². The van der Waals surface area contributed by atoms with E-state index in [1.54, 1.807) is 0 Å². The lowest BCUT2D eigenvalue weighted by atomic mass is 10.0. The SMILES string of the molecule is C=C(C)C(=O)C(C)C(=O)N=C=O. The van der Waals surface area contributed by atoms with Gasteiger partial charge in [0.25, 0.3) is 5.91 Å². The summed E-state index contributed by atoms with van der Waals surface area (Å²) in [5.74, 6) is -2.11. The first-order valence-corrected chi connectivity index (χ1v) is 3.32. The minimum atomic E-state index is -0.927.